The number of aromatic nitrogens is 1. The Bertz CT molecular complexity index is 454. The predicted octanol–water partition coefficient (Wildman–Crippen LogP) is 2.05. The summed E-state index contributed by atoms with van der Waals surface area (Å²) in [6, 6.07) is -1.41. The molecule has 0 aromatic carbocycles. The summed E-state index contributed by atoms with van der Waals surface area (Å²) in [7, 11) is 0. The van der Waals surface area contributed by atoms with E-state index in [2.05, 4.69) is 15.6 Å². The summed E-state index contributed by atoms with van der Waals surface area (Å²) in [5, 5.41) is 17.1. The van der Waals surface area contributed by atoms with E-state index in [9.17, 15) is 9.59 Å². The van der Waals surface area contributed by atoms with Gasteiger partial charge < -0.3 is 15.7 Å². The van der Waals surface area contributed by atoms with Crippen LogP contribution in [0.2, 0.25) is 0 Å². The first kappa shape index (κ1) is 16.4. The van der Waals surface area contributed by atoms with Crippen molar-refractivity contribution in [3.8, 4) is 0 Å². The Morgan fingerprint density at radius 2 is 2.10 bits per heavy atom. The van der Waals surface area contributed by atoms with Gasteiger partial charge in [-0.3, -0.25) is 0 Å². The maximum absolute atomic E-state index is 11.8. The van der Waals surface area contributed by atoms with Gasteiger partial charge in [-0.2, -0.15) is 0 Å². The standard InChI is InChI=1S/C13H21N3O3S/c1-8(10-14-5-6-20-10)7-15-12(19)16-9(11(17)18)13(2,3)4/h5-6,8-9H,7H2,1-4H3,(H,17,18)(H2,15,16,19)/t8?,9-/m1/s1. The zero-order valence-electron chi connectivity index (χ0n) is 12.1. The van der Waals surface area contributed by atoms with Crippen LogP contribution >= 0.6 is 11.3 Å². The van der Waals surface area contributed by atoms with Gasteiger partial charge in [0.05, 0.1) is 5.01 Å². The summed E-state index contributed by atoms with van der Waals surface area (Å²) in [5.74, 6) is -0.945. The average molecular weight is 299 g/mol. The normalized spacial score (nSPS) is 14.4. The molecule has 112 valence electrons. The first-order valence-electron chi connectivity index (χ1n) is 6.38. The van der Waals surface area contributed by atoms with Crippen LogP contribution in [0.4, 0.5) is 4.79 Å². The molecule has 0 spiro atoms. The van der Waals surface area contributed by atoms with E-state index >= 15 is 0 Å². The number of carbonyl (C=O) groups is 2. The molecule has 0 bridgehead atoms. The number of carboxylic acids is 1. The van der Waals surface area contributed by atoms with Gasteiger partial charge in [0.25, 0.3) is 0 Å². The zero-order valence-corrected chi connectivity index (χ0v) is 13.0. The molecule has 2 atom stereocenters. The number of carboxylic acid groups (broad SMARTS) is 1. The van der Waals surface area contributed by atoms with Gasteiger partial charge in [0.15, 0.2) is 0 Å². The first-order valence-corrected chi connectivity index (χ1v) is 7.26. The largest absolute Gasteiger partial charge is 0.480 e. The van der Waals surface area contributed by atoms with Crippen LogP contribution in [0, 0.1) is 5.41 Å². The lowest BCUT2D eigenvalue weighted by molar-refractivity contribution is -0.141. The van der Waals surface area contributed by atoms with Gasteiger partial charge in [-0.05, 0) is 5.41 Å². The summed E-state index contributed by atoms with van der Waals surface area (Å²) in [4.78, 5) is 27.1. The Hall–Kier alpha value is -1.63. The number of carbonyl (C=O) groups excluding carboxylic acids is 1. The van der Waals surface area contributed by atoms with E-state index in [4.69, 9.17) is 5.11 Å². The number of hydrogen-bond acceptors (Lipinski definition) is 4. The molecule has 0 radical (unpaired) electrons. The smallest absolute Gasteiger partial charge is 0.326 e. The molecule has 0 aliphatic rings. The molecule has 2 amide bonds. The van der Waals surface area contributed by atoms with Gasteiger partial charge in [-0.25, -0.2) is 14.6 Å². The molecular weight excluding hydrogens is 278 g/mol. The van der Waals surface area contributed by atoms with Crippen LogP contribution in [0.25, 0.3) is 0 Å². The van der Waals surface area contributed by atoms with Crippen molar-refractivity contribution >= 4 is 23.3 Å². The van der Waals surface area contributed by atoms with Crippen molar-refractivity contribution in [2.45, 2.75) is 39.7 Å². The fourth-order valence-electron chi connectivity index (χ4n) is 1.64. The minimum atomic E-state index is -1.04. The molecule has 6 nitrogen and oxygen atoms in total. The molecule has 3 N–H and O–H groups in total. The summed E-state index contributed by atoms with van der Waals surface area (Å²) >= 11 is 1.53. The Kier molecular flexibility index (Phi) is 5.50. The minimum Gasteiger partial charge on any atom is -0.480 e. The van der Waals surface area contributed by atoms with E-state index in [-0.39, 0.29) is 5.92 Å². The summed E-state index contributed by atoms with van der Waals surface area (Å²) in [5.41, 5.74) is -0.551. The Morgan fingerprint density at radius 1 is 1.45 bits per heavy atom. The van der Waals surface area contributed by atoms with Crippen LogP contribution in [0.1, 0.15) is 38.6 Å². The number of aliphatic carboxylic acids is 1. The summed E-state index contributed by atoms with van der Waals surface area (Å²) < 4.78 is 0. The second-order valence-electron chi connectivity index (χ2n) is 5.76. The quantitative estimate of drug-likeness (QED) is 0.776. The van der Waals surface area contributed by atoms with Crippen LogP contribution in [-0.2, 0) is 4.79 Å². The van der Waals surface area contributed by atoms with Crippen molar-refractivity contribution in [3.63, 3.8) is 0 Å². The Labute approximate surface area is 122 Å². The zero-order chi connectivity index (χ0) is 15.3. The van der Waals surface area contributed by atoms with Crippen molar-refractivity contribution in [2.75, 3.05) is 6.54 Å². The second-order valence-corrected chi connectivity index (χ2v) is 6.69. The van der Waals surface area contributed by atoms with E-state index < -0.39 is 23.5 Å². The van der Waals surface area contributed by atoms with Gasteiger partial charge in [-0.15, -0.1) is 11.3 Å². The van der Waals surface area contributed by atoms with Crippen LogP contribution < -0.4 is 10.6 Å². The fourth-order valence-corrected chi connectivity index (χ4v) is 2.34. The van der Waals surface area contributed by atoms with Gasteiger partial charge in [0, 0.05) is 24.0 Å². The van der Waals surface area contributed by atoms with Crippen molar-refractivity contribution in [3.05, 3.63) is 16.6 Å². The first-order chi connectivity index (χ1) is 9.21. The highest BCUT2D eigenvalue weighted by Crippen LogP contribution is 2.19. The maximum atomic E-state index is 11.8. The molecule has 0 saturated carbocycles. The highest BCUT2D eigenvalue weighted by molar-refractivity contribution is 7.09. The van der Waals surface area contributed by atoms with Crippen LogP contribution in [0.5, 0.6) is 0 Å². The van der Waals surface area contributed by atoms with Crippen LogP contribution in [0.15, 0.2) is 11.6 Å². The molecule has 1 aromatic rings. The Balaban J connectivity index is 2.49. The molecule has 0 fully saturated rings. The molecule has 1 aromatic heterocycles. The van der Waals surface area contributed by atoms with Crippen molar-refractivity contribution in [1.82, 2.24) is 15.6 Å². The summed E-state index contributed by atoms with van der Waals surface area (Å²) in [6.07, 6.45) is 1.72. The van der Waals surface area contributed by atoms with Crippen LogP contribution in [-0.4, -0.2) is 34.7 Å². The fraction of sp³-hybridized carbons (Fsp3) is 0.615. The molecule has 0 aliphatic carbocycles. The van der Waals surface area contributed by atoms with Gasteiger partial charge >= 0.3 is 12.0 Å². The third-order valence-corrected chi connectivity index (χ3v) is 3.84. The van der Waals surface area contributed by atoms with Crippen molar-refractivity contribution in [1.29, 1.82) is 0 Å². The molecule has 20 heavy (non-hydrogen) atoms. The number of nitrogens with zero attached hydrogens (tertiary/aromatic N) is 1. The van der Waals surface area contributed by atoms with E-state index in [1.54, 1.807) is 27.0 Å². The molecule has 7 heteroatoms. The van der Waals surface area contributed by atoms with Crippen LogP contribution in [0.3, 0.4) is 0 Å². The number of urea groups is 1. The molecule has 1 unspecified atom stereocenters. The molecule has 0 aliphatic heterocycles. The van der Waals surface area contributed by atoms with Gasteiger partial charge in [0.2, 0.25) is 0 Å². The lowest BCUT2D eigenvalue weighted by Crippen LogP contribution is -2.52. The number of thiazole rings is 1. The predicted molar refractivity (Wildman–Crippen MR) is 77.9 cm³/mol. The lowest BCUT2D eigenvalue weighted by Gasteiger charge is -2.27. The van der Waals surface area contributed by atoms with Crippen molar-refractivity contribution in [2.24, 2.45) is 5.41 Å². The SMILES string of the molecule is CC(CNC(=O)N[C@H](C(=O)O)C(C)(C)C)c1nccs1. The van der Waals surface area contributed by atoms with E-state index in [0.29, 0.717) is 6.54 Å². The maximum Gasteiger partial charge on any atom is 0.326 e. The highest BCUT2D eigenvalue weighted by Gasteiger charge is 2.32. The van der Waals surface area contributed by atoms with E-state index in [1.165, 1.54) is 11.3 Å². The summed E-state index contributed by atoms with van der Waals surface area (Å²) in [6.45, 7) is 7.67. The highest BCUT2D eigenvalue weighted by atomic mass is 32.1. The minimum absolute atomic E-state index is 0.0960. The van der Waals surface area contributed by atoms with Gasteiger partial charge in [-0.1, -0.05) is 27.7 Å². The van der Waals surface area contributed by atoms with E-state index in [1.807, 2.05) is 12.3 Å². The van der Waals surface area contributed by atoms with E-state index in [0.717, 1.165) is 5.01 Å². The lowest BCUT2D eigenvalue weighted by atomic mass is 9.87. The third kappa shape index (κ3) is 4.80. The molecule has 1 heterocycles. The Morgan fingerprint density at radius 3 is 2.55 bits per heavy atom. The molecular formula is C13H21N3O3S. The molecule has 1 rings (SSSR count). The number of amides is 2. The van der Waals surface area contributed by atoms with Gasteiger partial charge in [0.1, 0.15) is 6.04 Å². The number of hydrogen-bond donors (Lipinski definition) is 3. The monoisotopic (exact) mass is 299 g/mol. The number of nitrogens with one attached hydrogen (secondary N) is 2. The topological polar surface area (TPSA) is 91.3 Å². The van der Waals surface area contributed by atoms with Crippen molar-refractivity contribution < 1.29 is 14.7 Å². The third-order valence-electron chi connectivity index (χ3n) is 2.83. The second kappa shape index (κ2) is 6.69. The molecule has 0 saturated heterocycles. The average Bonchev–Trinajstić information content (AvgIpc) is 2.84. The number of rotatable bonds is 5.